The van der Waals surface area contributed by atoms with Crippen molar-refractivity contribution in [3.63, 3.8) is 0 Å². The fraction of sp³-hybridized carbons (Fsp3) is 0.533. The zero-order chi connectivity index (χ0) is 13.2. The third-order valence-corrected chi connectivity index (χ3v) is 3.89. The van der Waals surface area contributed by atoms with Gasteiger partial charge in [-0.2, -0.15) is 0 Å². The summed E-state index contributed by atoms with van der Waals surface area (Å²) in [7, 11) is 3.85. The van der Waals surface area contributed by atoms with Gasteiger partial charge in [0.25, 0.3) is 0 Å². The van der Waals surface area contributed by atoms with Crippen LogP contribution in [0.15, 0.2) is 11.1 Å². The molecule has 0 fully saturated rings. The molecule has 0 radical (unpaired) electrons. The van der Waals surface area contributed by atoms with Crippen LogP contribution in [-0.4, -0.2) is 19.8 Å². The maximum absolute atomic E-state index is 4.31. The molecule has 2 heteroatoms. The maximum Gasteiger partial charge on any atom is 0.0389 e. The molecule has 1 unspecified atom stereocenters. The Morgan fingerprint density at radius 3 is 2.24 bits per heavy atom. The lowest BCUT2D eigenvalue weighted by Gasteiger charge is -2.20. The molecule has 0 spiro atoms. The van der Waals surface area contributed by atoms with Crippen molar-refractivity contribution in [1.29, 1.82) is 0 Å². The molecule has 0 bridgehead atoms. The van der Waals surface area contributed by atoms with Gasteiger partial charge in [0.05, 0.1) is 0 Å². The first-order valence-corrected chi connectivity index (χ1v) is 6.15. The normalized spacial score (nSPS) is 13.9. The predicted molar refractivity (Wildman–Crippen MR) is 76.3 cm³/mol. The monoisotopic (exact) mass is 232 g/mol. The number of aliphatic imine (C=N–C) groups is 1. The Bertz CT molecular complexity index is 445. The highest BCUT2D eigenvalue weighted by molar-refractivity contribution is 6.00. The molecular weight excluding hydrogens is 208 g/mol. The van der Waals surface area contributed by atoms with Crippen molar-refractivity contribution >= 4 is 5.71 Å². The lowest BCUT2D eigenvalue weighted by molar-refractivity contribution is 0.647. The second-order valence-electron chi connectivity index (χ2n) is 4.71. The predicted octanol–water partition coefficient (Wildman–Crippen LogP) is 3.33. The molecule has 1 rings (SSSR count). The summed E-state index contributed by atoms with van der Waals surface area (Å²) in [5.74, 6) is 0. The molecule has 0 aliphatic heterocycles. The quantitative estimate of drug-likeness (QED) is 0.794. The van der Waals surface area contributed by atoms with Crippen molar-refractivity contribution in [3.8, 4) is 0 Å². The summed E-state index contributed by atoms with van der Waals surface area (Å²) in [5, 5.41) is 3.31. The average molecular weight is 232 g/mol. The van der Waals surface area contributed by atoms with Crippen LogP contribution in [0.2, 0.25) is 0 Å². The van der Waals surface area contributed by atoms with E-state index in [0.29, 0.717) is 6.04 Å². The highest BCUT2D eigenvalue weighted by Crippen LogP contribution is 2.26. The van der Waals surface area contributed by atoms with Gasteiger partial charge >= 0.3 is 0 Å². The second-order valence-corrected chi connectivity index (χ2v) is 4.71. The Morgan fingerprint density at radius 1 is 1.18 bits per heavy atom. The van der Waals surface area contributed by atoms with Crippen molar-refractivity contribution < 1.29 is 0 Å². The number of nitrogens with zero attached hydrogens (tertiary/aromatic N) is 1. The second kappa shape index (κ2) is 5.46. The number of hydrogen-bond donors (Lipinski definition) is 1. The third-order valence-electron chi connectivity index (χ3n) is 3.89. The Morgan fingerprint density at radius 2 is 1.76 bits per heavy atom. The molecule has 1 aromatic carbocycles. The molecule has 0 amide bonds. The van der Waals surface area contributed by atoms with Crippen molar-refractivity contribution in [2.24, 2.45) is 4.99 Å². The van der Waals surface area contributed by atoms with Crippen LogP contribution in [0.4, 0.5) is 0 Å². The Balaban J connectivity index is 3.50. The number of benzene rings is 1. The molecule has 2 nitrogen and oxygen atoms in total. The van der Waals surface area contributed by atoms with Gasteiger partial charge in [-0.1, -0.05) is 0 Å². The molecular formula is C15H24N2. The summed E-state index contributed by atoms with van der Waals surface area (Å²) >= 11 is 0. The highest BCUT2D eigenvalue weighted by Gasteiger charge is 2.14. The van der Waals surface area contributed by atoms with Crippen LogP contribution < -0.4 is 5.32 Å². The number of rotatable bonds is 3. The zero-order valence-electron chi connectivity index (χ0n) is 12.1. The van der Waals surface area contributed by atoms with Crippen LogP contribution in [0.3, 0.4) is 0 Å². The van der Waals surface area contributed by atoms with E-state index in [2.05, 4.69) is 51.0 Å². The minimum atomic E-state index is 0.373. The van der Waals surface area contributed by atoms with Crippen molar-refractivity contribution in [3.05, 3.63) is 33.9 Å². The van der Waals surface area contributed by atoms with Gasteiger partial charge in [-0.3, -0.25) is 4.99 Å². The van der Waals surface area contributed by atoms with Crippen LogP contribution in [0.25, 0.3) is 0 Å². The molecule has 1 aromatic rings. The molecule has 94 valence electrons. The van der Waals surface area contributed by atoms with E-state index in [1.165, 1.54) is 27.8 Å². The van der Waals surface area contributed by atoms with Crippen molar-refractivity contribution in [2.75, 3.05) is 14.1 Å². The van der Waals surface area contributed by atoms with E-state index in [0.717, 1.165) is 5.71 Å². The van der Waals surface area contributed by atoms with Gasteiger partial charge in [0, 0.05) is 18.8 Å². The zero-order valence-corrected chi connectivity index (χ0v) is 12.1. The van der Waals surface area contributed by atoms with Crippen LogP contribution in [0.5, 0.6) is 0 Å². The number of nitrogens with one attached hydrogen (secondary N) is 1. The Hall–Kier alpha value is -1.15. The van der Waals surface area contributed by atoms with E-state index in [1.54, 1.807) is 0 Å². The third kappa shape index (κ3) is 2.58. The molecule has 0 aliphatic carbocycles. The molecule has 0 aromatic heterocycles. The largest absolute Gasteiger partial charge is 0.313 e. The van der Waals surface area contributed by atoms with Gasteiger partial charge in [0.1, 0.15) is 0 Å². The lowest BCUT2D eigenvalue weighted by atomic mass is 9.89. The van der Waals surface area contributed by atoms with Gasteiger partial charge in [-0.25, -0.2) is 0 Å². The molecule has 1 N–H and O–H groups in total. The first-order valence-electron chi connectivity index (χ1n) is 6.15. The van der Waals surface area contributed by atoms with Gasteiger partial charge in [-0.15, -0.1) is 0 Å². The minimum absolute atomic E-state index is 0.373. The fourth-order valence-electron chi connectivity index (χ4n) is 2.17. The smallest absolute Gasteiger partial charge is 0.0389 e. The van der Waals surface area contributed by atoms with E-state index in [9.17, 15) is 0 Å². The first kappa shape index (κ1) is 13.9. The van der Waals surface area contributed by atoms with Gasteiger partial charge in [-0.05, 0) is 75.5 Å². The molecule has 0 aliphatic rings. The summed E-state index contributed by atoms with van der Waals surface area (Å²) in [6, 6.07) is 2.65. The lowest BCUT2D eigenvalue weighted by Crippen LogP contribution is -2.16. The van der Waals surface area contributed by atoms with Gasteiger partial charge < -0.3 is 5.32 Å². The van der Waals surface area contributed by atoms with Crippen LogP contribution >= 0.6 is 0 Å². The minimum Gasteiger partial charge on any atom is -0.313 e. The van der Waals surface area contributed by atoms with E-state index in [-0.39, 0.29) is 0 Å². The topological polar surface area (TPSA) is 24.4 Å². The molecule has 1 atom stereocenters. The summed E-state index contributed by atoms with van der Waals surface area (Å²) in [4.78, 5) is 4.31. The summed E-state index contributed by atoms with van der Waals surface area (Å²) in [6.45, 7) is 10.8. The maximum atomic E-state index is 4.31. The van der Waals surface area contributed by atoms with Gasteiger partial charge in [0.2, 0.25) is 0 Å². The Kier molecular flexibility index (Phi) is 4.47. The van der Waals surface area contributed by atoms with E-state index in [4.69, 9.17) is 0 Å². The summed E-state index contributed by atoms with van der Waals surface area (Å²) < 4.78 is 0. The molecule has 0 saturated carbocycles. The summed E-state index contributed by atoms with van der Waals surface area (Å²) in [6.07, 6.45) is 0. The SMILES string of the molecule is CN=C(C)c1cc(C(C)NC)c(C)c(C)c1C. The van der Waals surface area contributed by atoms with Crippen molar-refractivity contribution in [2.45, 2.75) is 40.7 Å². The van der Waals surface area contributed by atoms with Gasteiger partial charge in [0.15, 0.2) is 0 Å². The average Bonchev–Trinajstić information content (AvgIpc) is 2.34. The van der Waals surface area contributed by atoms with Crippen LogP contribution in [-0.2, 0) is 0 Å². The Labute approximate surface area is 105 Å². The van der Waals surface area contributed by atoms with E-state index < -0.39 is 0 Å². The molecule has 0 heterocycles. The molecule has 0 saturated heterocycles. The standard InChI is InChI=1S/C15H24N2/c1-9-10(2)14(12(4)16-6)8-15(11(9)3)13(5)17-7/h8,12,16H,1-7H3. The number of hydrogen-bond acceptors (Lipinski definition) is 2. The van der Waals surface area contributed by atoms with Crippen LogP contribution in [0.1, 0.15) is 47.7 Å². The highest BCUT2D eigenvalue weighted by atomic mass is 14.9. The molecule has 17 heavy (non-hydrogen) atoms. The summed E-state index contributed by atoms with van der Waals surface area (Å²) in [5.41, 5.74) is 7.86. The van der Waals surface area contributed by atoms with Crippen molar-refractivity contribution in [1.82, 2.24) is 5.32 Å². The van der Waals surface area contributed by atoms with E-state index >= 15 is 0 Å². The fourth-order valence-corrected chi connectivity index (χ4v) is 2.17. The van der Waals surface area contributed by atoms with Crippen LogP contribution in [0, 0.1) is 20.8 Å². The first-order chi connectivity index (χ1) is 7.93. The van der Waals surface area contributed by atoms with E-state index in [1.807, 2.05) is 14.1 Å².